The fourth-order valence-electron chi connectivity index (χ4n) is 2.34. The molecule has 0 aliphatic heterocycles. The Morgan fingerprint density at radius 3 is 1.62 bits per heavy atom. The maximum absolute atomic E-state index is 11.5. The average molecular weight is 374 g/mol. The van der Waals surface area contributed by atoms with Crippen molar-refractivity contribution in [2.75, 3.05) is 0 Å². The van der Waals surface area contributed by atoms with Gasteiger partial charge < -0.3 is 30.0 Å². The SMILES string of the molecule is O=C([O-])c1cc(-c2ccccc2)c(C(=O)O)c(C(=O)[O-])c1C(=O)O.[Na+].[Na+]. The first-order chi connectivity index (χ1) is 11.3. The van der Waals surface area contributed by atoms with Crippen molar-refractivity contribution in [1.29, 1.82) is 0 Å². The van der Waals surface area contributed by atoms with Gasteiger partial charge in [-0.15, -0.1) is 0 Å². The molecule has 0 fully saturated rings. The smallest absolute Gasteiger partial charge is 0.545 e. The largest absolute Gasteiger partial charge is 1.00 e. The van der Waals surface area contributed by atoms with Gasteiger partial charge in [-0.2, -0.15) is 0 Å². The first-order valence-corrected chi connectivity index (χ1v) is 6.41. The summed E-state index contributed by atoms with van der Waals surface area (Å²) in [5.41, 5.74) is -4.33. The summed E-state index contributed by atoms with van der Waals surface area (Å²) < 4.78 is 0. The van der Waals surface area contributed by atoms with Crippen LogP contribution in [0.15, 0.2) is 36.4 Å². The molecule has 0 spiro atoms. The predicted octanol–water partition coefficient (Wildman–Crippen LogP) is -6.51. The zero-order valence-electron chi connectivity index (χ0n) is 13.8. The van der Waals surface area contributed by atoms with Crippen molar-refractivity contribution < 1.29 is 98.7 Å². The molecule has 0 saturated carbocycles. The summed E-state index contributed by atoms with van der Waals surface area (Å²) in [4.78, 5) is 45.4. The van der Waals surface area contributed by atoms with Gasteiger partial charge in [-0.1, -0.05) is 30.3 Å². The van der Waals surface area contributed by atoms with Crippen molar-refractivity contribution in [3.05, 3.63) is 58.7 Å². The van der Waals surface area contributed by atoms with Gasteiger partial charge in [-0.3, -0.25) is 0 Å². The van der Waals surface area contributed by atoms with E-state index in [4.69, 9.17) is 5.11 Å². The minimum atomic E-state index is -2.12. The monoisotopic (exact) mass is 374 g/mol. The molecule has 0 unspecified atom stereocenters. The molecule has 0 radical (unpaired) electrons. The number of rotatable bonds is 5. The van der Waals surface area contributed by atoms with E-state index in [1.807, 2.05) is 0 Å². The van der Waals surface area contributed by atoms with E-state index in [-0.39, 0.29) is 70.2 Å². The van der Waals surface area contributed by atoms with Gasteiger partial charge in [-0.05, 0) is 17.2 Å². The molecule has 0 saturated heterocycles. The predicted molar refractivity (Wildman–Crippen MR) is 74.5 cm³/mol. The standard InChI is InChI=1S/C16H10O8.2Na/c17-13(18)9-6-8(7-4-2-1-3-5-7)10(14(19)20)12(16(23)24)11(9)15(21)22;;/h1-6H,(H,17,18)(H,19,20)(H,21,22)(H,23,24);;/q;2*+1/p-2. The fraction of sp³-hybridized carbons (Fsp3) is 0. The second-order valence-electron chi connectivity index (χ2n) is 4.65. The van der Waals surface area contributed by atoms with Crippen molar-refractivity contribution in [2.24, 2.45) is 0 Å². The molecule has 0 aromatic heterocycles. The minimum Gasteiger partial charge on any atom is -0.545 e. The summed E-state index contributed by atoms with van der Waals surface area (Å²) in [5.74, 6) is -7.73. The van der Waals surface area contributed by atoms with E-state index in [0.717, 1.165) is 6.07 Å². The Bertz CT molecular complexity index is 878. The quantitative estimate of drug-likeness (QED) is 0.490. The maximum atomic E-state index is 11.5. The van der Waals surface area contributed by atoms with E-state index in [2.05, 4.69) is 0 Å². The second-order valence-corrected chi connectivity index (χ2v) is 4.65. The van der Waals surface area contributed by atoms with Crippen molar-refractivity contribution in [1.82, 2.24) is 0 Å². The molecule has 10 heteroatoms. The van der Waals surface area contributed by atoms with E-state index in [1.165, 1.54) is 24.3 Å². The van der Waals surface area contributed by atoms with E-state index in [9.17, 15) is 34.5 Å². The van der Waals surface area contributed by atoms with Crippen LogP contribution in [0.5, 0.6) is 0 Å². The molecule has 2 aromatic carbocycles. The van der Waals surface area contributed by atoms with Gasteiger partial charge in [0.15, 0.2) is 0 Å². The van der Waals surface area contributed by atoms with Crippen LogP contribution in [0.25, 0.3) is 11.1 Å². The number of carboxylic acid groups (broad SMARTS) is 4. The molecule has 0 aliphatic carbocycles. The summed E-state index contributed by atoms with van der Waals surface area (Å²) in [6.45, 7) is 0. The summed E-state index contributed by atoms with van der Waals surface area (Å²) in [5, 5.41) is 41.1. The molecule has 0 bridgehead atoms. The van der Waals surface area contributed by atoms with Crippen LogP contribution < -0.4 is 69.3 Å². The van der Waals surface area contributed by atoms with Crippen molar-refractivity contribution in [2.45, 2.75) is 0 Å². The van der Waals surface area contributed by atoms with Crippen LogP contribution in [0.3, 0.4) is 0 Å². The zero-order valence-corrected chi connectivity index (χ0v) is 17.8. The first kappa shape index (κ1) is 24.3. The van der Waals surface area contributed by atoms with Crippen LogP contribution in [-0.2, 0) is 0 Å². The third kappa shape index (κ3) is 4.73. The molecule has 8 nitrogen and oxygen atoms in total. The molecule has 122 valence electrons. The summed E-state index contributed by atoms with van der Waals surface area (Å²) in [7, 11) is 0. The number of carbonyl (C=O) groups is 4. The summed E-state index contributed by atoms with van der Waals surface area (Å²) in [6.07, 6.45) is 0. The second kappa shape index (κ2) is 9.86. The fourth-order valence-corrected chi connectivity index (χ4v) is 2.34. The van der Waals surface area contributed by atoms with Crippen molar-refractivity contribution in [3.63, 3.8) is 0 Å². The molecule has 0 amide bonds. The third-order valence-corrected chi connectivity index (χ3v) is 3.26. The van der Waals surface area contributed by atoms with Crippen molar-refractivity contribution in [3.8, 4) is 11.1 Å². The molecular weight excluding hydrogens is 366 g/mol. The van der Waals surface area contributed by atoms with Gasteiger partial charge in [0.1, 0.15) is 0 Å². The Morgan fingerprint density at radius 1 is 0.731 bits per heavy atom. The Morgan fingerprint density at radius 2 is 1.23 bits per heavy atom. The Hall–Kier alpha value is -1.68. The number of hydrogen-bond acceptors (Lipinski definition) is 6. The van der Waals surface area contributed by atoms with Gasteiger partial charge in [0.25, 0.3) is 0 Å². The van der Waals surface area contributed by atoms with E-state index >= 15 is 0 Å². The molecule has 0 atom stereocenters. The van der Waals surface area contributed by atoms with Crippen molar-refractivity contribution >= 4 is 23.9 Å². The number of hydrogen-bond donors (Lipinski definition) is 2. The van der Waals surface area contributed by atoms with Gasteiger partial charge in [0.2, 0.25) is 0 Å². The minimum absolute atomic E-state index is 0. The van der Waals surface area contributed by atoms with Gasteiger partial charge >= 0.3 is 71.1 Å². The number of carbonyl (C=O) groups excluding carboxylic acids is 2. The van der Waals surface area contributed by atoms with E-state index in [1.54, 1.807) is 6.07 Å². The average Bonchev–Trinajstić information content (AvgIpc) is 2.53. The zero-order chi connectivity index (χ0) is 18.0. The van der Waals surface area contributed by atoms with Crippen LogP contribution in [-0.4, -0.2) is 34.1 Å². The topological polar surface area (TPSA) is 155 Å². The van der Waals surface area contributed by atoms with Gasteiger partial charge in [-0.25, -0.2) is 9.59 Å². The molecule has 2 aromatic rings. The first-order valence-electron chi connectivity index (χ1n) is 6.41. The van der Waals surface area contributed by atoms with Gasteiger partial charge in [0, 0.05) is 11.1 Å². The Balaban J connectivity index is 0.00000312. The van der Waals surface area contributed by atoms with E-state index in [0.29, 0.717) is 0 Å². The van der Waals surface area contributed by atoms with Crippen LogP contribution in [0.4, 0.5) is 0 Å². The maximum Gasteiger partial charge on any atom is 1.00 e. The van der Waals surface area contributed by atoms with Crippen LogP contribution in [0.2, 0.25) is 0 Å². The molecular formula is C16H8Na2O8. The summed E-state index contributed by atoms with van der Waals surface area (Å²) in [6, 6.07) is 8.24. The molecule has 2 rings (SSSR count). The number of aromatic carboxylic acids is 4. The number of benzene rings is 2. The molecule has 0 heterocycles. The van der Waals surface area contributed by atoms with Gasteiger partial charge in [0.05, 0.1) is 23.1 Å². The Labute approximate surface area is 191 Å². The molecule has 2 N–H and O–H groups in total. The molecule has 26 heavy (non-hydrogen) atoms. The van der Waals surface area contributed by atoms with Crippen LogP contribution in [0, 0.1) is 0 Å². The Kier molecular flexibility index (Phi) is 9.23. The third-order valence-electron chi connectivity index (χ3n) is 3.26. The van der Waals surface area contributed by atoms with E-state index < -0.39 is 46.1 Å². The molecule has 0 aliphatic rings. The summed E-state index contributed by atoms with van der Waals surface area (Å²) >= 11 is 0. The number of carboxylic acids is 4. The van der Waals surface area contributed by atoms with Crippen LogP contribution in [0.1, 0.15) is 41.4 Å². The normalized spacial score (nSPS) is 9.38. The van der Waals surface area contributed by atoms with Crippen LogP contribution >= 0.6 is 0 Å².